The Balaban J connectivity index is 1.20. The lowest BCUT2D eigenvalue weighted by atomic mass is 9.67. The Labute approximate surface area is 214 Å². The summed E-state index contributed by atoms with van der Waals surface area (Å²) in [5.41, 5.74) is -0.0283. The van der Waals surface area contributed by atoms with Crippen LogP contribution in [0.5, 0.6) is 0 Å². The maximum Gasteiger partial charge on any atom is 0.409 e. The summed E-state index contributed by atoms with van der Waals surface area (Å²) in [4.78, 5) is 0. The minimum Gasteiger partial charge on any atom is -0.206 e. The van der Waals surface area contributed by atoms with Gasteiger partial charge in [-0.05, 0) is 97.8 Å². The highest BCUT2D eigenvalue weighted by molar-refractivity contribution is 5.52. The van der Waals surface area contributed by atoms with Crippen LogP contribution in [-0.2, 0) is 0 Å². The Kier molecular flexibility index (Phi) is 9.55. The third-order valence-corrected chi connectivity index (χ3v) is 9.87. The number of halogens is 5. The summed E-state index contributed by atoms with van der Waals surface area (Å²) >= 11 is 0. The van der Waals surface area contributed by atoms with Gasteiger partial charge in [0.25, 0.3) is 0 Å². The van der Waals surface area contributed by atoms with Crippen molar-refractivity contribution in [2.45, 2.75) is 115 Å². The summed E-state index contributed by atoms with van der Waals surface area (Å²) in [5.74, 6) is 2.59. The average Bonchev–Trinajstić information content (AvgIpc) is 2.87. The standard InChI is InChI=1S/C31H43F5/c1-2-21-3-5-22(6-4-21)7-8-23-9-11-24(12-10-23)25-13-15-26(16-14-25)27-19-29(32)28(30(33)20-27)17-18-31(34,35)36/h17-26H,2-16H2,1H3/b18-17+. The van der Waals surface area contributed by atoms with Crippen LogP contribution in [0.25, 0.3) is 6.08 Å². The first kappa shape index (κ1) is 27.6. The highest BCUT2D eigenvalue weighted by atomic mass is 19.4. The topological polar surface area (TPSA) is 0 Å². The van der Waals surface area contributed by atoms with Crippen molar-refractivity contribution in [3.8, 4) is 0 Å². The van der Waals surface area contributed by atoms with Gasteiger partial charge in [0.1, 0.15) is 11.6 Å². The Hall–Kier alpha value is -1.39. The molecule has 0 N–H and O–H groups in total. The zero-order valence-corrected chi connectivity index (χ0v) is 21.8. The molecule has 0 amide bonds. The lowest BCUT2D eigenvalue weighted by Gasteiger charge is -2.38. The summed E-state index contributed by atoms with van der Waals surface area (Å²) in [6, 6.07) is 2.48. The van der Waals surface area contributed by atoms with Gasteiger partial charge in [0, 0.05) is 11.6 Å². The fourth-order valence-corrected chi connectivity index (χ4v) is 7.45. The minimum atomic E-state index is -4.59. The van der Waals surface area contributed by atoms with Gasteiger partial charge in [0.2, 0.25) is 0 Å². The van der Waals surface area contributed by atoms with Gasteiger partial charge in [-0.25, -0.2) is 8.78 Å². The van der Waals surface area contributed by atoms with Crippen LogP contribution in [0, 0.1) is 41.2 Å². The monoisotopic (exact) mass is 510 g/mol. The predicted octanol–water partition coefficient (Wildman–Crippen LogP) is 10.6. The lowest BCUT2D eigenvalue weighted by molar-refractivity contribution is -0.0790. The number of hydrogen-bond donors (Lipinski definition) is 0. The summed E-state index contributed by atoms with van der Waals surface area (Å²) in [6.45, 7) is 2.33. The summed E-state index contributed by atoms with van der Waals surface area (Å²) in [5, 5.41) is 0. The molecule has 0 radical (unpaired) electrons. The van der Waals surface area contributed by atoms with Gasteiger partial charge in [-0.2, -0.15) is 13.2 Å². The van der Waals surface area contributed by atoms with Crippen molar-refractivity contribution >= 4 is 6.08 Å². The zero-order valence-electron chi connectivity index (χ0n) is 21.8. The van der Waals surface area contributed by atoms with Gasteiger partial charge in [-0.15, -0.1) is 0 Å². The van der Waals surface area contributed by atoms with Gasteiger partial charge in [0.05, 0.1) is 0 Å². The third kappa shape index (κ3) is 7.57. The van der Waals surface area contributed by atoms with E-state index in [9.17, 15) is 22.0 Å². The molecule has 0 bridgehead atoms. The molecule has 4 rings (SSSR count). The second-order valence-corrected chi connectivity index (χ2v) is 12.0. The molecule has 3 saturated carbocycles. The molecule has 1 aromatic rings. The Bertz CT molecular complexity index is 825. The molecule has 0 unspecified atom stereocenters. The molecule has 3 fully saturated rings. The largest absolute Gasteiger partial charge is 0.409 e. The number of alkyl halides is 3. The zero-order chi connectivity index (χ0) is 25.7. The van der Waals surface area contributed by atoms with E-state index in [0.29, 0.717) is 17.6 Å². The smallest absolute Gasteiger partial charge is 0.206 e. The van der Waals surface area contributed by atoms with Crippen LogP contribution in [0.15, 0.2) is 18.2 Å². The van der Waals surface area contributed by atoms with E-state index in [-0.39, 0.29) is 12.0 Å². The molecule has 0 saturated heterocycles. The van der Waals surface area contributed by atoms with E-state index in [1.54, 1.807) is 0 Å². The van der Waals surface area contributed by atoms with Crippen LogP contribution in [0.3, 0.4) is 0 Å². The summed E-state index contributed by atoms with van der Waals surface area (Å²) in [7, 11) is 0. The lowest BCUT2D eigenvalue weighted by Crippen LogP contribution is -2.26. The van der Waals surface area contributed by atoms with E-state index < -0.39 is 23.4 Å². The van der Waals surface area contributed by atoms with E-state index >= 15 is 0 Å². The second kappa shape index (κ2) is 12.4. The maximum atomic E-state index is 14.4. The van der Waals surface area contributed by atoms with E-state index in [2.05, 4.69) is 6.92 Å². The fourth-order valence-electron chi connectivity index (χ4n) is 7.45. The Morgan fingerprint density at radius 3 is 1.61 bits per heavy atom. The molecule has 0 spiro atoms. The average molecular weight is 511 g/mol. The van der Waals surface area contributed by atoms with Gasteiger partial charge in [-0.3, -0.25) is 0 Å². The van der Waals surface area contributed by atoms with Crippen molar-refractivity contribution in [3.05, 3.63) is 41.0 Å². The van der Waals surface area contributed by atoms with Crippen molar-refractivity contribution in [2.24, 2.45) is 29.6 Å². The van der Waals surface area contributed by atoms with Crippen molar-refractivity contribution in [1.82, 2.24) is 0 Å². The van der Waals surface area contributed by atoms with Crippen LogP contribution in [0.4, 0.5) is 22.0 Å². The number of allylic oxidation sites excluding steroid dienone is 1. The molecule has 1 aromatic carbocycles. The molecule has 0 nitrogen and oxygen atoms in total. The molecule has 0 aliphatic heterocycles. The quantitative estimate of drug-likeness (QED) is 0.320. The van der Waals surface area contributed by atoms with E-state index in [4.69, 9.17) is 0 Å². The van der Waals surface area contributed by atoms with Gasteiger partial charge >= 0.3 is 6.18 Å². The second-order valence-electron chi connectivity index (χ2n) is 12.0. The van der Waals surface area contributed by atoms with Gasteiger partial charge < -0.3 is 0 Å². The molecule has 0 heterocycles. The molecular weight excluding hydrogens is 467 g/mol. The number of hydrogen-bond acceptors (Lipinski definition) is 0. The first-order valence-electron chi connectivity index (χ1n) is 14.5. The van der Waals surface area contributed by atoms with E-state index in [1.807, 2.05) is 0 Å². The summed E-state index contributed by atoms with van der Waals surface area (Å²) in [6.07, 6.45) is 15.1. The first-order chi connectivity index (χ1) is 17.2. The van der Waals surface area contributed by atoms with Gasteiger partial charge in [0.15, 0.2) is 0 Å². The molecule has 5 heteroatoms. The van der Waals surface area contributed by atoms with Crippen LogP contribution < -0.4 is 0 Å². The van der Waals surface area contributed by atoms with Crippen molar-refractivity contribution in [3.63, 3.8) is 0 Å². The molecular formula is C31H43F5. The highest BCUT2D eigenvalue weighted by Gasteiger charge is 2.32. The number of benzene rings is 1. The van der Waals surface area contributed by atoms with Gasteiger partial charge in [-0.1, -0.05) is 64.7 Å². The van der Waals surface area contributed by atoms with Crippen molar-refractivity contribution in [1.29, 1.82) is 0 Å². The number of rotatable bonds is 7. The third-order valence-electron chi connectivity index (χ3n) is 9.87. The predicted molar refractivity (Wildman–Crippen MR) is 137 cm³/mol. The fraction of sp³-hybridized carbons (Fsp3) is 0.742. The van der Waals surface area contributed by atoms with E-state index in [1.165, 1.54) is 82.8 Å². The highest BCUT2D eigenvalue weighted by Crippen LogP contribution is 2.45. The molecule has 0 atom stereocenters. The molecule has 36 heavy (non-hydrogen) atoms. The van der Waals surface area contributed by atoms with Crippen LogP contribution >= 0.6 is 0 Å². The summed E-state index contributed by atoms with van der Waals surface area (Å²) < 4.78 is 66.0. The van der Waals surface area contributed by atoms with Crippen LogP contribution in [-0.4, -0.2) is 6.18 Å². The van der Waals surface area contributed by atoms with Crippen molar-refractivity contribution < 1.29 is 22.0 Å². The van der Waals surface area contributed by atoms with Crippen molar-refractivity contribution in [2.75, 3.05) is 0 Å². The molecule has 3 aliphatic rings. The molecule has 0 aromatic heterocycles. The Morgan fingerprint density at radius 1 is 0.694 bits per heavy atom. The molecule has 3 aliphatic carbocycles. The van der Waals surface area contributed by atoms with E-state index in [0.717, 1.165) is 49.4 Å². The molecule has 202 valence electrons. The van der Waals surface area contributed by atoms with Crippen LogP contribution in [0.2, 0.25) is 0 Å². The van der Waals surface area contributed by atoms with Crippen LogP contribution in [0.1, 0.15) is 120 Å². The normalized spacial score (nSPS) is 32.2. The first-order valence-corrected chi connectivity index (χ1v) is 14.5. The Morgan fingerprint density at radius 2 is 1.14 bits per heavy atom. The maximum absolute atomic E-state index is 14.4. The minimum absolute atomic E-state index is 0.0880. The SMILES string of the molecule is CCC1CCC(CCC2CCC(C3CCC(c4cc(F)c(/C=C/C(F)(F)F)c(F)c4)CC3)CC2)CC1.